The Balaban J connectivity index is 1.39. The zero-order valence-corrected chi connectivity index (χ0v) is 16.6. The number of nitrogens with zero attached hydrogens (tertiary/aromatic N) is 6. The third kappa shape index (κ3) is 3.14. The Morgan fingerprint density at radius 2 is 2.14 bits per heavy atom. The molecule has 0 atom stereocenters. The van der Waals surface area contributed by atoms with Gasteiger partial charge in [-0.15, -0.1) is 16.4 Å². The van der Waals surface area contributed by atoms with E-state index >= 15 is 0 Å². The number of oxime groups is 1. The molecule has 0 fully saturated rings. The van der Waals surface area contributed by atoms with Crippen LogP contribution in [0.3, 0.4) is 0 Å². The maximum atomic E-state index is 5.41. The van der Waals surface area contributed by atoms with E-state index in [0.29, 0.717) is 5.82 Å². The molecule has 0 unspecified atom stereocenters. The van der Waals surface area contributed by atoms with E-state index in [1.54, 1.807) is 28.4 Å². The average Bonchev–Trinajstić information content (AvgIpc) is 3.26. The van der Waals surface area contributed by atoms with Crippen LogP contribution in [0.4, 0.5) is 0 Å². The Hall–Kier alpha value is -2.84. The van der Waals surface area contributed by atoms with Crippen molar-refractivity contribution >= 4 is 33.4 Å². The van der Waals surface area contributed by atoms with Crippen molar-refractivity contribution in [2.24, 2.45) is 5.16 Å². The Labute approximate surface area is 166 Å². The van der Waals surface area contributed by atoms with Crippen molar-refractivity contribution in [3.05, 3.63) is 58.0 Å². The molecular weight excluding hydrogens is 372 g/mol. The summed E-state index contributed by atoms with van der Waals surface area (Å²) >= 11 is 1.76. The van der Waals surface area contributed by atoms with Gasteiger partial charge in [-0.05, 0) is 31.5 Å². The van der Waals surface area contributed by atoms with Crippen LogP contribution in [0.1, 0.15) is 27.4 Å². The summed E-state index contributed by atoms with van der Waals surface area (Å²) in [6.07, 6.45) is 4.45. The highest BCUT2D eigenvalue weighted by Crippen LogP contribution is 2.35. The SMILES string of the molecule is Cc1ccc(/C=N/OCc2nc3c4c5c(sc4ncn3n2)CN(C)CC5)cc1. The zero-order valence-electron chi connectivity index (χ0n) is 15.8. The van der Waals surface area contributed by atoms with Crippen LogP contribution in [0, 0.1) is 6.92 Å². The lowest BCUT2D eigenvalue weighted by Gasteiger charge is -2.21. The smallest absolute Gasteiger partial charge is 0.192 e. The molecule has 7 nitrogen and oxygen atoms in total. The number of hydrogen-bond acceptors (Lipinski definition) is 7. The summed E-state index contributed by atoms with van der Waals surface area (Å²) in [4.78, 5) is 19.5. The minimum atomic E-state index is 0.223. The highest BCUT2D eigenvalue weighted by atomic mass is 32.1. The standard InChI is InChI=1S/C20H20N6OS/c1-13-3-5-14(6-4-13)9-22-27-11-17-23-19-18-15-7-8-25(2)10-16(15)28-20(18)21-12-26(19)24-17/h3-6,9,12H,7-8,10-11H2,1-2H3/b22-9+. The molecule has 4 heterocycles. The zero-order chi connectivity index (χ0) is 19.1. The fraction of sp³-hybridized carbons (Fsp3) is 0.300. The van der Waals surface area contributed by atoms with Crippen LogP contribution in [-0.4, -0.2) is 44.3 Å². The molecule has 0 bridgehead atoms. The van der Waals surface area contributed by atoms with Crippen molar-refractivity contribution in [3.63, 3.8) is 0 Å². The molecule has 3 aromatic heterocycles. The van der Waals surface area contributed by atoms with Gasteiger partial charge >= 0.3 is 0 Å². The monoisotopic (exact) mass is 392 g/mol. The minimum Gasteiger partial charge on any atom is -0.387 e. The average molecular weight is 392 g/mol. The first-order chi connectivity index (χ1) is 13.7. The maximum absolute atomic E-state index is 5.41. The number of aryl methyl sites for hydroxylation is 1. The number of benzene rings is 1. The lowest BCUT2D eigenvalue weighted by atomic mass is 10.1. The third-order valence-corrected chi connectivity index (χ3v) is 6.08. The summed E-state index contributed by atoms with van der Waals surface area (Å²) in [6.45, 7) is 4.31. The minimum absolute atomic E-state index is 0.223. The molecule has 0 spiro atoms. The fourth-order valence-electron chi connectivity index (χ4n) is 3.47. The van der Waals surface area contributed by atoms with E-state index < -0.39 is 0 Å². The second kappa shape index (κ2) is 6.96. The Morgan fingerprint density at radius 1 is 1.29 bits per heavy atom. The molecule has 0 radical (unpaired) electrons. The quantitative estimate of drug-likeness (QED) is 0.394. The van der Waals surface area contributed by atoms with Gasteiger partial charge in [0.05, 0.1) is 11.6 Å². The molecular formula is C20H20N6OS. The van der Waals surface area contributed by atoms with Crippen LogP contribution in [0.25, 0.3) is 15.9 Å². The van der Waals surface area contributed by atoms with Crippen molar-refractivity contribution in [1.82, 2.24) is 24.5 Å². The molecule has 0 saturated heterocycles. The van der Waals surface area contributed by atoms with Gasteiger partial charge in [0.15, 0.2) is 18.1 Å². The van der Waals surface area contributed by atoms with Gasteiger partial charge in [0.25, 0.3) is 0 Å². The van der Waals surface area contributed by atoms with Crippen LogP contribution in [-0.2, 0) is 24.4 Å². The van der Waals surface area contributed by atoms with Crippen molar-refractivity contribution in [3.8, 4) is 0 Å². The van der Waals surface area contributed by atoms with E-state index in [9.17, 15) is 0 Å². The Kier molecular flexibility index (Phi) is 4.29. The molecule has 5 rings (SSSR count). The van der Waals surface area contributed by atoms with Gasteiger partial charge in [0, 0.05) is 18.0 Å². The Bertz CT molecular complexity index is 1180. The molecule has 1 aromatic carbocycles. The van der Waals surface area contributed by atoms with Crippen LogP contribution < -0.4 is 0 Å². The third-order valence-electron chi connectivity index (χ3n) is 4.96. The predicted molar refractivity (Wildman–Crippen MR) is 110 cm³/mol. The molecule has 0 aliphatic carbocycles. The molecule has 8 heteroatoms. The van der Waals surface area contributed by atoms with Crippen LogP contribution in [0.2, 0.25) is 0 Å². The largest absolute Gasteiger partial charge is 0.387 e. The topological polar surface area (TPSA) is 67.9 Å². The van der Waals surface area contributed by atoms with Crippen molar-refractivity contribution in [1.29, 1.82) is 0 Å². The van der Waals surface area contributed by atoms with Gasteiger partial charge in [-0.3, -0.25) is 0 Å². The van der Waals surface area contributed by atoms with Gasteiger partial charge in [0.1, 0.15) is 11.2 Å². The van der Waals surface area contributed by atoms with Crippen molar-refractivity contribution in [2.45, 2.75) is 26.5 Å². The van der Waals surface area contributed by atoms with Gasteiger partial charge in [0.2, 0.25) is 0 Å². The van der Waals surface area contributed by atoms with Crippen LogP contribution in [0.5, 0.6) is 0 Å². The van der Waals surface area contributed by atoms with Crippen LogP contribution >= 0.6 is 11.3 Å². The summed E-state index contributed by atoms with van der Waals surface area (Å²) in [5.74, 6) is 0.600. The van der Waals surface area contributed by atoms with E-state index in [0.717, 1.165) is 40.9 Å². The second-order valence-electron chi connectivity index (χ2n) is 7.13. The number of thiophene rings is 1. The van der Waals surface area contributed by atoms with E-state index in [-0.39, 0.29) is 6.61 Å². The molecule has 1 aliphatic rings. The summed E-state index contributed by atoms with van der Waals surface area (Å²) < 4.78 is 1.75. The van der Waals surface area contributed by atoms with Gasteiger partial charge in [-0.25, -0.2) is 14.5 Å². The summed E-state index contributed by atoms with van der Waals surface area (Å²) in [6, 6.07) is 8.10. The van der Waals surface area contributed by atoms with E-state index in [2.05, 4.69) is 34.1 Å². The molecule has 142 valence electrons. The first-order valence-electron chi connectivity index (χ1n) is 9.22. The van der Waals surface area contributed by atoms with E-state index in [1.165, 1.54) is 16.0 Å². The van der Waals surface area contributed by atoms with E-state index in [4.69, 9.17) is 9.82 Å². The molecule has 0 amide bonds. The molecule has 28 heavy (non-hydrogen) atoms. The highest BCUT2D eigenvalue weighted by molar-refractivity contribution is 7.19. The first-order valence-corrected chi connectivity index (χ1v) is 10.0. The number of rotatable bonds is 4. The summed E-state index contributed by atoms with van der Waals surface area (Å²) in [5, 5.41) is 9.67. The molecule has 0 N–H and O–H groups in total. The lowest BCUT2D eigenvalue weighted by Crippen LogP contribution is -2.25. The number of likely N-dealkylation sites (N-methyl/N-ethyl adjacent to an activating group) is 1. The maximum Gasteiger partial charge on any atom is 0.192 e. The van der Waals surface area contributed by atoms with Crippen LogP contribution in [0.15, 0.2) is 35.7 Å². The van der Waals surface area contributed by atoms with Crippen molar-refractivity contribution < 1.29 is 4.84 Å². The highest BCUT2D eigenvalue weighted by Gasteiger charge is 2.22. The van der Waals surface area contributed by atoms with Gasteiger partial charge in [-0.1, -0.05) is 35.0 Å². The summed E-state index contributed by atoms with van der Waals surface area (Å²) in [5.41, 5.74) is 4.44. The summed E-state index contributed by atoms with van der Waals surface area (Å²) in [7, 11) is 2.15. The Morgan fingerprint density at radius 3 is 3.00 bits per heavy atom. The molecule has 4 aromatic rings. The second-order valence-corrected chi connectivity index (χ2v) is 8.21. The van der Waals surface area contributed by atoms with E-state index in [1.807, 2.05) is 24.3 Å². The normalized spacial score (nSPS) is 14.9. The molecule has 1 aliphatic heterocycles. The van der Waals surface area contributed by atoms with Gasteiger partial charge in [-0.2, -0.15) is 0 Å². The number of aromatic nitrogens is 4. The lowest BCUT2D eigenvalue weighted by molar-refractivity contribution is 0.126. The molecule has 0 saturated carbocycles. The first kappa shape index (κ1) is 17.3. The van der Waals surface area contributed by atoms with Gasteiger partial charge < -0.3 is 9.74 Å². The predicted octanol–water partition coefficient (Wildman–Crippen LogP) is 3.19. The fourth-order valence-corrected chi connectivity index (χ4v) is 4.73. The number of fused-ring (bicyclic) bond motifs is 5. The van der Waals surface area contributed by atoms with Crippen molar-refractivity contribution in [2.75, 3.05) is 13.6 Å². The number of hydrogen-bond donors (Lipinski definition) is 0.